The second-order valence-electron chi connectivity index (χ2n) is 4.58. The molecule has 0 radical (unpaired) electrons. The van der Waals surface area contributed by atoms with Gasteiger partial charge in [-0.1, -0.05) is 0 Å². The molecular formula is C13H21N3O. The number of hydrogen-bond acceptors (Lipinski definition) is 4. The SMILES string of the molecule is CCOC1(c2ncc(CNC)cn2)CCCC1. The highest BCUT2D eigenvalue weighted by Gasteiger charge is 2.38. The fourth-order valence-electron chi connectivity index (χ4n) is 2.54. The van der Waals surface area contributed by atoms with Crippen LogP contribution in [0.2, 0.25) is 0 Å². The van der Waals surface area contributed by atoms with E-state index in [-0.39, 0.29) is 5.60 Å². The van der Waals surface area contributed by atoms with Crippen LogP contribution < -0.4 is 5.32 Å². The third-order valence-corrected chi connectivity index (χ3v) is 3.33. The van der Waals surface area contributed by atoms with Crippen LogP contribution in [0, 0.1) is 0 Å². The van der Waals surface area contributed by atoms with Crippen LogP contribution in [0.25, 0.3) is 0 Å². The molecule has 0 bridgehead atoms. The van der Waals surface area contributed by atoms with Crippen LogP contribution in [0.5, 0.6) is 0 Å². The molecule has 0 spiro atoms. The molecule has 1 aliphatic rings. The molecule has 94 valence electrons. The van der Waals surface area contributed by atoms with E-state index >= 15 is 0 Å². The standard InChI is InChI=1S/C13H21N3O/c1-3-17-13(6-4-5-7-13)12-15-9-11(8-14-2)10-16-12/h9-10,14H,3-8H2,1-2H3. The molecule has 0 atom stereocenters. The van der Waals surface area contributed by atoms with Crippen molar-refractivity contribution in [3.05, 3.63) is 23.8 Å². The molecule has 0 aliphatic heterocycles. The van der Waals surface area contributed by atoms with Crippen molar-refractivity contribution in [2.45, 2.75) is 44.8 Å². The van der Waals surface area contributed by atoms with E-state index in [1.54, 1.807) is 0 Å². The van der Waals surface area contributed by atoms with Crippen LogP contribution in [0.15, 0.2) is 12.4 Å². The molecule has 1 aliphatic carbocycles. The average molecular weight is 235 g/mol. The van der Waals surface area contributed by atoms with Gasteiger partial charge in [0, 0.05) is 31.1 Å². The normalized spacial score (nSPS) is 18.5. The van der Waals surface area contributed by atoms with Gasteiger partial charge in [0.25, 0.3) is 0 Å². The van der Waals surface area contributed by atoms with Crippen molar-refractivity contribution in [1.82, 2.24) is 15.3 Å². The molecular weight excluding hydrogens is 214 g/mol. The largest absolute Gasteiger partial charge is 0.367 e. The van der Waals surface area contributed by atoms with Crippen LogP contribution in [0.1, 0.15) is 44.0 Å². The number of rotatable bonds is 5. The van der Waals surface area contributed by atoms with E-state index in [1.165, 1.54) is 12.8 Å². The molecule has 4 heteroatoms. The van der Waals surface area contributed by atoms with Crippen LogP contribution >= 0.6 is 0 Å². The predicted molar refractivity (Wildman–Crippen MR) is 66.6 cm³/mol. The summed E-state index contributed by atoms with van der Waals surface area (Å²) in [5, 5.41) is 3.10. The van der Waals surface area contributed by atoms with Crippen LogP contribution in [0.4, 0.5) is 0 Å². The van der Waals surface area contributed by atoms with Crippen molar-refractivity contribution in [3.8, 4) is 0 Å². The first-order valence-corrected chi connectivity index (χ1v) is 6.41. The Morgan fingerprint density at radius 3 is 2.47 bits per heavy atom. The fraction of sp³-hybridized carbons (Fsp3) is 0.692. The maximum absolute atomic E-state index is 5.94. The Morgan fingerprint density at radius 2 is 1.94 bits per heavy atom. The highest BCUT2D eigenvalue weighted by molar-refractivity contribution is 5.11. The zero-order valence-electron chi connectivity index (χ0n) is 10.7. The first-order chi connectivity index (χ1) is 8.30. The molecule has 0 aromatic carbocycles. The van der Waals surface area contributed by atoms with E-state index in [4.69, 9.17) is 4.74 Å². The minimum Gasteiger partial charge on any atom is -0.367 e. The van der Waals surface area contributed by atoms with Crippen LogP contribution in [-0.2, 0) is 16.9 Å². The summed E-state index contributed by atoms with van der Waals surface area (Å²) in [6, 6.07) is 0. The first-order valence-electron chi connectivity index (χ1n) is 6.41. The summed E-state index contributed by atoms with van der Waals surface area (Å²) in [5.41, 5.74) is 0.897. The molecule has 17 heavy (non-hydrogen) atoms. The second kappa shape index (κ2) is 5.56. The summed E-state index contributed by atoms with van der Waals surface area (Å²) in [5.74, 6) is 0.858. The average Bonchev–Trinajstić information content (AvgIpc) is 2.81. The van der Waals surface area contributed by atoms with E-state index in [2.05, 4.69) is 15.3 Å². The molecule has 1 N–H and O–H groups in total. The predicted octanol–water partition coefficient (Wildman–Crippen LogP) is 2.00. The topological polar surface area (TPSA) is 47.0 Å². The highest BCUT2D eigenvalue weighted by Crippen LogP contribution is 2.40. The van der Waals surface area contributed by atoms with Gasteiger partial charge in [-0.05, 0) is 39.7 Å². The van der Waals surface area contributed by atoms with E-state index in [0.29, 0.717) is 0 Å². The molecule has 4 nitrogen and oxygen atoms in total. The van der Waals surface area contributed by atoms with Gasteiger partial charge < -0.3 is 10.1 Å². The van der Waals surface area contributed by atoms with Crippen LogP contribution in [-0.4, -0.2) is 23.6 Å². The van der Waals surface area contributed by atoms with Gasteiger partial charge in [0.05, 0.1) is 0 Å². The zero-order valence-corrected chi connectivity index (χ0v) is 10.7. The number of nitrogens with one attached hydrogen (secondary N) is 1. The molecule has 0 saturated heterocycles. The van der Waals surface area contributed by atoms with E-state index in [1.807, 2.05) is 26.4 Å². The summed E-state index contributed by atoms with van der Waals surface area (Å²) in [4.78, 5) is 8.99. The summed E-state index contributed by atoms with van der Waals surface area (Å²) >= 11 is 0. The molecule has 2 rings (SSSR count). The number of aromatic nitrogens is 2. The van der Waals surface area contributed by atoms with E-state index in [0.717, 1.165) is 37.4 Å². The molecule has 1 aromatic rings. The zero-order chi connectivity index (χ0) is 12.1. The maximum atomic E-state index is 5.94. The lowest BCUT2D eigenvalue weighted by Gasteiger charge is -2.27. The molecule has 1 fully saturated rings. The first kappa shape index (κ1) is 12.5. The van der Waals surface area contributed by atoms with Gasteiger partial charge in [0.15, 0.2) is 5.82 Å². The van der Waals surface area contributed by atoms with Crippen LogP contribution in [0.3, 0.4) is 0 Å². The van der Waals surface area contributed by atoms with Crippen molar-refractivity contribution in [2.75, 3.05) is 13.7 Å². The molecule has 1 aromatic heterocycles. The molecule has 0 unspecified atom stereocenters. The summed E-state index contributed by atoms with van der Waals surface area (Å²) in [6.07, 6.45) is 8.32. The lowest BCUT2D eigenvalue weighted by Crippen LogP contribution is -2.29. The lowest BCUT2D eigenvalue weighted by atomic mass is 10.0. The smallest absolute Gasteiger partial charge is 0.160 e. The second-order valence-corrected chi connectivity index (χ2v) is 4.58. The maximum Gasteiger partial charge on any atom is 0.160 e. The quantitative estimate of drug-likeness (QED) is 0.848. The third kappa shape index (κ3) is 2.64. The van der Waals surface area contributed by atoms with Crippen molar-refractivity contribution >= 4 is 0 Å². The van der Waals surface area contributed by atoms with Crippen molar-refractivity contribution < 1.29 is 4.74 Å². The minimum atomic E-state index is -0.215. The minimum absolute atomic E-state index is 0.215. The van der Waals surface area contributed by atoms with Crippen molar-refractivity contribution in [3.63, 3.8) is 0 Å². The van der Waals surface area contributed by atoms with Crippen molar-refractivity contribution in [1.29, 1.82) is 0 Å². The van der Waals surface area contributed by atoms with Gasteiger partial charge in [-0.2, -0.15) is 0 Å². The lowest BCUT2D eigenvalue weighted by molar-refractivity contribution is -0.0457. The molecule has 1 heterocycles. The third-order valence-electron chi connectivity index (χ3n) is 3.33. The Balaban J connectivity index is 2.18. The van der Waals surface area contributed by atoms with Gasteiger partial charge in [0.1, 0.15) is 5.60 Å². The Bertz CT molecular complexity index is 344. The Labute approximate surface area is 103 Å². The molecule has 1 saturated carbocycles. The van der Waals surface area contributed by atoms with E-state index < -0.39 is 0 Å². The fourth-order valence-corrected chi connectivity index (χ4v) is 2.54. The van der Waals surface area contributed by atoms with Gasteiger partial charge in [-0.15, -0.1) is 0 Å². The number of hydrogen-bond donors (Lipinski definition) is 1. The van der Waals surface area contributed by atoms with Crippen molar-refractivity contribution in [2.24, 2.45) is 0 Å². The summed E-state index contributed by atoms with van der Waals surface area (Å²) in [6.45, 7) is 3.57. The Kier molecular flexibility index (Phi) is 4.07. The highest BCUT2D eigenvalue weighted by atomic mass is 16.5. The Hall–Kier alpha value is -1.00. The van der Waals surface area contributed by atoms with Gasteiger partial charge in [-0.3, -0.25) is 0 Å². The van der Waals surface area contributed by atoms with Gasteiger partial charge >= 0.3 is 0 Å². The van der Waals surface area contributed by atoms with Gasteiger partial charge in [0.2, 0.25) is 0 Å². The monoisotopic (exact) mass is 235 g/mol. The van der Waals surface area contributed by atoms with Gasteiger partial charge in [-0.25, -0.2) is 9.97 Å². The van der Waals surface area contributed by atoms with E-state index in [9.17, 15) is 0 Å². The molecule has 0 amide bonds. The summed E-state index contributed by atoms with van der Waals surface area (Å²) in [7, 11) is 1.92. The summed E-state index contributed by atoms with van der Waals surface area (Å²) < 4.78 is 5.94. The number of nitrogens with zero attached hydrogens (tertiary/aromatic N) is 2. The Morgan fingerprint density at radius 1 is 1.29 bits per heavy atom. The number of ether oxygens (including phenoxy) is 1.